The number of hydrogen-bond acceptors (Lipinski definition) is 5. The van der Waals surface area contributed by atoms with Crippen molar-refractivity contribution < 1.29 is 14.0 Å². The first kappa shape index (κ1) is 19.8. The van der Waals surface area contributed by atoms with Crippen molar-refractivity contribution in [1.29, 1.82) is 0 Å². The van der Waals surface area contributed by atoms with Crippen molar-refractivity contribution in [2.24, 2.45) is 0 Å². The Morgan fingerprint density at radius 2 is 1.70 bits per heavy atom. The number of carbonyl (C=O) groups excluding carboxylic acids is 2. The minimum Gasteiger partial charge on any atom is -0.436 e. The molecule has 1 N–H and O–H groups in total. The van der Waals surface area contributed by atoms with Crippen LogP contribution in [0.2, 0.25) is 0 Å². The molecule has 1 fully saturated rings. The number of aromatic nitrogens is 1. The van der Waals surface area contributed by atoms with Gasteiger partial charge < -0.3 is 14.6 Å². The maximum atomic E-state index is 13.2. The fourth-order valence-electron chi connectivity index (χ4n) is 3.55. The fraction of sp³-hybridized carbons (Fsp3) is 0.261. The molecule has 2 amide bonds. The number of benzene rings is 2. The second kappa shape index (κ2) is 8.92. The van der Waals surface area contributed by atoms with E-state index in [0.717, 1.165) is 5.56 Å². The van der Waals surface area contributed by atoms with Gasteiger partial charge in [0.2, 0.25) is 11.8 Å². The number of amides is 2. The molecular formula is C23H24N4O3. The lowest BCUT2D eigenvalue weighted by Crippen LogP contribution is -2.50. The van der Waals surface area contributed by atoms with Crippen LogP contribution in [0.3, 0.4) is 0 Å². The Hall–Kier alpha value is -3.45. The third-order valence-corrected chi connectivity index (χ3v) is 5.26. The first-order valence-electron chi connectivity index (χ1n) is 9.98. The van der Waals surface area contributed by atoms with Crippen LogP contribution in [-0.4, -0.2) is 66.4 Å². The smallest absolute Gasteiger partial charge is 0.254 e. The number of likely N-dealkylation sites (N-methyl/N-ethyl adjacent to an activating group) is 1. The number of nitrogens with one attached hydrogen (secondary N) is 1. The van der Waals surface area contributed by atoms with Crippen LogP contribution in [0.1, 0.15) is 10.4 Å². The van der Waals surface area contributed by atoms with Crippen molar-refractivity contribution in [2.45, 2.75) is 0 Å². The lowest BCUT2D eigenvalue weighted by Gasteiger charge is -2.34. The van der Waals surface area contributed by atoms with Crippen LogP contribution in [0.5, 0.6) is 0 Å². The molecule has 0 radical (unpaired) electrons. The predicted molar refractivity (Wildman–Crippen MR) is 114 cm³/mol. The Kier molecular flexibility index (Phi) is 5.90. The highest BCUT2D eigenvalue weighted by molar-refractivity contribution is 6.00. The van der Waals surface area contributed by atoms with Crippen LogP contribution in [0.15, 0.2) is 65.2 Å². The first-order chi connectivity index (χ1) is 14.7. The second-order valence-corrected chi connectivity index (χ2v) is 7.18. The molecule has 1 aliphatic rings. The molecule has 2 aromatic carbocycles. The molecule has 4 rings (SSSR count). The SMILES string of the molecule is CNC(=O)CN1CCN(C(=O)c2ccccc2-c2ncc(-c3ccccc3)o2)CC1. The molecule has 0 bridgehead atoms. The molecule has 7 nitrogen and oxygen atoms in total. The molecule has 0 aliphatic carbocycles. The van der Waals surface area contributed by atoms with E-state index in [1.807, 2.05) is 53.4 Å². The number of nitrogens with zero attached hydrogens (tertiary/aromatic N) is 3. The molecule has 2 heterocycles. The molecule has 0 unspecified atom stereocenters. The van der Waals surface area contributed by atoms with Gasteiger partial charge in [-0.3, -0.25) is 14.5 Å². The summed E-state index contributed by atoms with van der Waals surface area (Å²) in [4.78, 5) is 33.1. The van der Waals surface area contributed by atoms with Gasteiger partial charge in [-0.15, -0.1) is 0 Å². The normalized spacial score (nSPS) is 14.5. The summed E-state index contributed by atoms with van der Waals surface area (Å²) in [5.74, 6) is 1.02. The highest BCUT2D eigenvalue weighted by Crippen LogP contribution is 2.29. The summed E-state index contributed by atoms with van der Waals surface area (Å²) in [5.41, 5.74) is 2.18. The maximum absolute atomic E-state index is 13.2. The van der Waals surface area contributed by atoms with Crippen LogP contribution in [0.25, 0.3) is 22.8 Å². The van der Waals surface area contributed by atoms with Crippen LogP contribution in [0, 0.1) is 0 Å². The van der Waals surface area contributed by atoms with Gasteiger partial charge in [-0.05, 0) is 12.1 Å². The molecule has 1 saturated heterocycles. The lowest BCUT2D eigenvalue weighted by atomic mass is 10.1. The fourth-order valence-corrected chi connectivity index (χ4v) is 3.55. The highest BCUT2D eigenvalue weighted by atomic mass is 16.4. The summed E-state index contributed by atoms with van der Waals surface area (Å²) >= 11 is 0. The first-order valence-corrected chi connectivity index (χ1v) is 9.98. The lowest BCUT2D eigenvalue weighted by molar-refractivity contribution is -0.122. The molecule has 0 spiro atoms. The van der Waals surface area contributed by atoms with Gasteiger partial charge in [0.1, 0.15) is 0 Å². The average Bonchev–Trinajstić information content (AvgIpc) is 3.30. The summed E-state index contributed by atoms with van der Waals surface area (Å²) in [6.07, 6.45) is 1.68. The minimum atomic E-state index is -0.0512. The Balaban J connectivity index is 1.51. The van der Waals surface area contributed by atoms with Crippen LogP contribution in [0.4, 0.5) is 0 Å². The van der Waals surface area contributed by atoms with Crippen LogP contribution < -0.4 is 5.32 Å². The van der Waals surface area contributed by atoms with Gasteiger partial charge in [-0.1, -0.05) is 42.5 Å². The van der Waals surface area contributed by atoms with Crippen molar-refractivity contribution >= 4 is 11.8 Å². The number of hydrogen-bond donors (Lipinski definition) is 1. The summed E-state index contributed by atoms with van der Waals surface area (Å²) in [6, 6.07) is 17.1. The molecule has 1 aliphatic heterocycles. The van der Waals surface area contributed by atoms with E-state index in [4.69, 9.17) is 4.42 Å². The second-order valence-electron chi connectivity index (χ2n) is 7.18. The topological polar surface area (TPSA) is 78.7 Å². The van der Waals surface area contributed by atoms with E-state index < -0.39 is 0 Å². The Bertz CT molecular complexity index is 1020. The van der Waals surface area contributed by atoms with Crippen LogP contribution >= 0.6 is 0 Å². The van der Waals surface area contributed by atoms with E-state index in [-0.39, 0.29) is 11.8 Å². The highest BCUT2D eigenvalue weighted by Gasteiger charge is 2.25. The van der Waals surface area contributed by atoms with Crippen molar-refractivity contribution in [3.8, 4) is 22.8 Å². The van der Waals surface area contributed by atoms with E-state index in [0.29, 0.717) is 55.5 Å². The quantitative estimate of drug-likeness (QED) is 0.707. The van der Waals surface area contributed by atoms with Gasteiger partial charge in [0.15, 0.2) is 5.76 Å². The Morgan fingerprint density at radius 1 is 1.00 bits per heavy atom. The summed E-state index contributed by atoms with van der Waals surface area (Å²) < 4.78 is 5.97. The van der Waals surface area contributed by atoms with E-state index >= 15 is 0 Å². The standard InChI is InChI=1S/C23H24N4O3/c1-24-21(28)16-26-11-13-27(14-12-26)23(29)19-10-6-5-9-18(19)22-25-15-20(30-22)17-7-3-2-4-8-17/h2-10,15H,11-14,16H2,1H3,(H,24,28). The van der Waals surface area contributed by atoms with E-state index in [1.165, 1.54) is 0 Å². The summed E-state index contributed by atoms with van der Waals surface area (Å²) in [7, 11) is 1.63. The van der Waals surface area contributed by atoms with E-state index in [1.54, 1.807) is 19.3 Å². The largest absolute Gasteiger partial charge is 0.436 e. The van der Waals surface area contributed by atoms with Gasteiger partial charge in [-0.25, -0.2) is 4.98 Å². The minimum absolute atomic E-state index is 0.0155. The predicted octanol–water partition coefficient (Wildman–Crippen LogP) is 2.51. The van der Waals surface area contributed by atoms with Gasteiger partial charge in [0.25, 0.3) is 5.91 Å². The molecule has 154 valence electrons. The zero-order chi connectivity index (χ0) is 20.9. The number of rotatable bonds is 5. The summed E-state index contributed by atoms with van der Waals surface area (Å²) in [6.45, 7) is 2.83. The number of carbonyl (C=O) groups is 2. The number of piperazine rings is 1. The molecule has 7 heteroatoms. The average molecular weight is 404 g/mol. The van der Waals surface area contributed by atoms with Crippen molar-refractivity contribution in [3.05, 3.63) is 66.4 Å². The third kappa shape index (κ3) is 4.26. The monoisotopic (exact) mass is 404 g/mol. The summed E-state index contributed by atoms with van der Waals surface area (Å²) in [5, 5.41) is 2.63. The zero-order valence-electron chi connectivity index (χ0n) is 16.9. The van der Waals surface area contributed by atoms with Gasteiger partial charge in [0.05, 0.1) is 18.3 Å². The number of oxazole rings is 1. The Morgan fingerprint density at radius 3 is 2.43 bits per heavy atom. The molecule has 3 aromatic rings. The Labute approximate surface area is 175 Å². The van der Waals surface area contributed by atoms with Gasteiger partial charge >= 0.3 is 0 Å². The van der Waals surface area contributed by atoms with E-state index in [9.17, 15) is 9.59 Å². The molecule has 0 saturated carbocycles. The van der Waals surface area contributed by atoms with Crippen molar-refractivity contribution in [2.75, 3.05) is 39.8 Å². The third-order valence-electron chi connectivity index (χ3n) is 5.26. The van der Waals surface area contributed by atoms with Gasteiger partial charge in [0, 0.05) is 44.4 Å². The van der Waals surface area contributed by atoms with Gasteiger partial charge in [-0.2, -0.15) is 0 Å². The molecular weight excluding hydrogens is 380 g/mol. The van der Waals surface area contributed by atoms with Crippen LogP contribution in [-0.2, 0) is 4.79 Å². The van der Waals surface area contributed by atoms with Crippen molar-refractivity contribution in [3.63, 3.8) is 0 Å². The molecule has 0 atom stereocenters. The van der Waals surface area contributed by atoms with E-state index in [2.05, 4.69) is 15.2 Å². The zero-order valence-corrected chi connectivity index (χ0v) is 16.9. The van der Waals surface area contributed by atoms with Crippen molar-refractivity contribution in [1.82, 2.24) is 20.1 Å². The molecule has 1 aromatic heterocycles. The maximum Gasteiger partial charge on any atom is 0.254 e. The molecule has 30 heavy (non-hydrogen) atoms.